The Labute approximate surface area is 354 Å². The Morgan fingerprint density at radius 1 is 0.983 bits per heavy atom. The molecule has 3 unspecified atom stereocenters. The number of unbranched alkanes of at least 4 members (excludes halogenated alkanes) is 1. The molecule has 0 amide bonds. The Morgan fingerprint density at radius 3 is 2.50 bits per heavy atom. The number of dihydropyridines is 1. The molecule has 0 saturated heterocycles. The molecule has 2 aliphatic rings. The molecular formula is C53H57N5O2. The zero-order chi connectivity index (χ0) is 42.6. The van der Waals surface area contributed by atoms with Crippen molar-refractivity contribution >= 4 is 41.7 Å². The lowest BCUT2D eigenvalue weighted by Crippen LogP contribution is -2.24. The van der Waals surface area contributed by atoms with Crippen molar-refractivity contribution in [3.05, 3.63) is 183 Å². The number of nitrogens with one attached hydrogen (secondary N) is 2. The lowest BCUT2D eigenvalue weighted by Gasteiger charge is -2.22. The Balaban J connectivity index is 1.26. The summed E-state index contributed by atoms with van der Waals surface area (Å²) in [4.78, 5) is 12.9. The molecule has 7 nitrogen and oxygen atoms in total. The van der Waals surface area contributed by atoms with Crippen LogP contribution in [-0.2, 0) is 0 Å². The number of aryl methyl sites for hydroxylation is 1. The highest BCUT2D eigenvalue weighted by Crippen LogP contribution is 2.40. The minimum absolute atomic E-state index is 0.0393. The van der Waals surface area contributed by atoms with Crippen LogP contribution in [0.15, 0.2) is 160 Å². The fourth-order valence-electron chi connectivity index (χ4n) is 7.52. The predicted octanol–water partition coefficient (Wildman–Crippen LogP) is 10.9. The van der Waals surface area contributed by atoms with Crippen molar-refractivity contribution in [2.75, 3.05) is 0 Å². The zero-order valence-corrected chi connectivity index (χ0v) is 35.4. The molecule has 0 aliphatic carbocycles. The summed E-state index contributed by atoms with van der Waals surface area (Å²) in [6, 6.07) is 26.1. The van der Waals surface area contributed by atoms with Crippen LogP contribution in [-0.4, -0.2) is 39.4 Å². The van der Waals surface area contributed by atoms with E-state index in [-0.39, 0.29) is 29.4 Å². The number of phenols is 1. The van der Waals surface area contributed by atoms with E-state index in [4.69, 9.17) is 10.7 Å². The fourth-order valence-corrected chi connectivity index (χ4v) is 7.52. The molecule has 0 spiro atoms. The van der Waals surface area contributed by atoms with Crippen LogP contribution in [0.25, 0.3) is 34.8 Å². The van der Waals surface area contributed by atoms with E-state index in [0.717, 1.165) is 74.5 Å². The number of allylic oxidation sites excluding steroid dienone is 9. The number of aliphatic hydroxyl groups is 1. The molecule has 0 radical (unpaired) electrons. The van der Waals surface area contributed by atoms with Gasteiger partial charge in [0.2, 0.25) is 0 Å². The number of aromatic amines is 1. The van der Waals surface area contributed by atoms with Crippen molar-refractivity contribution in [1.82, 2.24) is 4.98 Å². The Hall–Kier alpha value is -6.73. The monoisotopic (exact) mass is 795 g/mol. The van der Waals surface area contributed by atoms with Crippen LogP contribution >= 0.6 is 0 Å². The second kappa shape index (κ2) is 20.3. The molecule has 306 valence electrons. The van der Waals surface area contributed by atoms with Gasteiger partial charge in [0.25, 0.3) is 0 Å². The third-order valence-electron chi connectivity index (χ3n) is 11.0. The SMILES string of the molecule is CCCCC(C=C(O)C=CCC=c1ccccc1=CN)=CC(C)C(=N)C(C)=C(C)C=C(c1ccccc1)c1ccc(-c2cc(C)cc(C3=CC4N=CC=CC4C=N3)c2O)[nH]1. The molecule has 6 rings (SSSR count). The predicted molar refractivity (Wildman–Crippen MR) is 254 cm³/mol. The molecule has 3 atom stereocenters. The molecule has 2 aliphatic heterocycles. The first-order valence-electron chi connectivity index (χ1n) is 20.8. The minimum atomic E-state index is -0.183. The Kier molecular flexibility index (Phi) is 14.5. The number of aromatic nitrogens is 1. The maximum atomic E-state index is 11.7. The van der Waals surface area contributed by atoms with Gasteiger partial charge in [0.05, 0.1) is 11.7 Å². The normalized spacial score (nSPS) is 18.5. The number of aromatic hydroxyl groups is 1. The maximum absolute atomic E-state index is 11.7. The molecule has 3 heterocycles. The minimum Gasteiger partial charge on any atom is -0.508 e. The van der Waals surface area contributed by atoms with Crippen molar-refractivity contribution in [1.29, 1.82) is 5.41 Å². The van der Waals surface area contributed by atoms with E-state index in [1.54, 1.807) is 12.3 Å². The molecule has 0 bridgehead atoms. The van der Waals surface area contributed by atoms with E-state index in [0.29, 0.717) is 29.0 Å². The molecule has 0 fully saturated rings. The van der Waals surface area contributed by atoms with E-state index in [1.807, 2.05) is 124 Å². The van der Waals surface area contributed by atoms with Crippen LogP contribution in [0.4, 0.5) is 0 Å². The van der Waals surface area contributed by atoms with Gasteiger partial charge in [0, 0.05) is 64.3 Å². The van der Waals surface area contributed by atoms with Crippen molar-refractivity contribution in [2.45, 2.75) is 66.3 Å². The number of nitrogens with zero attached hydrogens (tertiary/aromatic N) is 2. The molecule has 3 aromatic carbocycles. The molecule has 6 N–H and O–H groups in total. The molecule has 7 heteroatoms. The van der Waals surface area contributed by atoms with Crippen LogP contribution in [0.2, 0.25) is 0 Å². The molecule has 0 saturated carbocycles. The number of hydrogen-bond acceptors (Lipinski definition) is 6. The quantitative estimate of drug-likeness (QED) is 0.0466. The van der Waals surface area contributed by atoms with Crippen molar-refractivity contribution in [3.8, 4) is 17.0 Å². The van der Waals surface area contributed by atoms with E-state index in [1.165, 1.54) is 0 Å². The summed E-state index contributed by atoms with van der Waals surface area (Å²) in [7, 11) is 0. The van der Waals surface area contributed by atoms with Gasteiger partial charge >= 0.3 is 0 Å². The van der Waals surface area contributed by atoms with Crippen molar-refractivity contribution < 1.29 is 10.2 Å². The number of phenolic OH excluding ortho intramolecular Hbond substituents is 1. The van der Waals surface area contributed by atoms with Gasteiger partial charge in [-0.3, -0.25) is 9.98 Å². The van der Waals surface area contributed by atoms with Gasteiger partial charge in [-0.15, -0.1) is 0 Å². The van der Waals surface area contributed by atoms with Crippen molar-refractivity contribution in [3.63, 3.8) is 0 Å². The van der Waals surface area contributed by atoms with Crippen LogP contribution in [0.5, 0.6) is 5.75 Å². The van der Waals surface area contributed by atoms with Gasteiger partial charge in [0.15, 0.2) is 0 Å². The Morgan fingerprint density at radius 2 is 1.73 bits per heavy atom. The van der Waals surface area contributed by atoms with Crippen molar-refractivity contribution in [2.24, 2.45) is 27.6 Å². The number of rotatable bonds is 15. The number of aliphatic hydroxyl groups excluding tert-OH is 1. The number of hydrogen-bond donors (Lipinski definition) is 5. The van der Waals surface area contributed by atoms with Gasteiger partial charge in [-0.05, 0) is 133 Å². The van der Waals surface area contributed by atoms with Gasteiger partial charge in [0.1, 0.15) is 11.5 Å². The standard InChI is InChI=1S/C53H57N5O2/c1-6-7-16-39(31-44(59)23-14-13-18-40-17-11-12-21-42(40)33-54)29-37(4)52(55)38(5)36(3)30-45(41-19-9-8-10-20-41)48-24-25-49(58-48)46-27-35(2)28-47(53(46)60)51-32-50-43(34-57-51)22-15-26-56-50/h8-12,14-15,17-34,37,43,50,55,58-60H,6-7,13,16,54H2,1-5H3. The third kappa shape index (κ3) is 10.7. The lowest BCUT2D eigenvalue weighted by molar-refractivity contribution is 0.431. The van der Waals surface area contributed by atoms with Gasteiger partial charge < -0.3 is 26.3 Å². The molecular weight excluding hydrogens is 739 g/mol. The average Bonchev–Trinajstić information content (AvgIpc) is 3.76. The summed E-state index contributed by atoms with van der Waals surface area (Å²) >= 11 is 0. The number of benzene rings is 3. The third-order valence-corrected chi connectivity index (χ3v) is 11.0. The summed E-state index contributed by atoms with van der Waals surface area (Å²) in [5.74, 6) is 0.291. The van der Waals surface area contributed by atoms with E-state index in [2.05, 4.69) is 60.3 Å². The van der Waals surface area contributed by atoms with Gasteiger partial charge in [-0.25, -0.2) is 0 Å². The average molecular weight is 796 g/mol. The van der Waals surface area contributed by atoms with Crippen LogP contribution in [0, 0.1) is 24.2 Å². The van der Waals surface area contributed by atoms with Crippen LogP contribution < -0.4 is 16.2 Å². The summed E-state index contributed by atoms with van der Waals surface area (Å²) < 4.78 is 0. The maximum Gasteiger partial charge on any atom is 0.134 e. The fraction of sp³-hybridized carbons (Fsp3) is 0.226. The highest BCUT2D eigenvalue weighted by atomic mass is 16.3. The number of H-pyrrole nitrogens is 1. The molecule has 4 aromatic rings. The van der Waals surface area contributed by atoms with Gasteiger partial charge in [-0.2, -0.15) is 0 Å². The smallest absolute Gasteiger partial charge is 0.134 e. The van der Waals surface area contributed by atoms with E-state index in [9.17, 15) is 15.6 Å². The largest absolute Gasteiger partial charge is 0.508 e. The first-order chi connectivity index (χ1) is 29.1. The van der Waals surface area contributed by atoms with E-state index < -0.39 is 0 Å². The van der Waals surface area contributed by atoms with Crippen LogP contribution in [0.3, 0.4) is 0 Å². The first kappa shape index (κ1) is 42.9. The first-order valence-corrected chi connectivity index (χ1v) is 20.8. The summed E-state index contributed by atoms with van der Waals surface area (Å²) in [5.41, 5.74) is 15.9. The van der Waals surface area contributed by atoms with Gasteiger partial charge in [-0.1, -0.05) is 99.2 Å². The van der Waals surface area contributed by atoms with E-state index >= 15 is 0 Å². The summed E-state index contributed by atoms with van der Waals surface area (Å²) in [5, 5.41) is 33.9. The highest BCUT2D eigenvalue weighted by Gasteiger charge is 2.24. The topological polar surface area (TPSA) is 131 Å². The number of nitrogens with two attached hydrogens (primary N) is 1. The highest BCUT2D eigenvalue weighted by molar-refractivity contribution is 6.01. The molecule has 60 heavy (non-hydrogen) atoms. The lowest BCUT2D eigenvalue weighted by atomic mass is 9.91. The Bertz CT molecular complexity index is 2610. The molecule has 1 aromatic heterocycles. The zero-order valence-electron chi connectivity index (χ0n) is 35.4. The second-order valence-electron chi connectivity index (χ2n) is 15.6. The number of fused-ring (bicyclic) bond motifs is 1. The second-order valence-corrected chi connectivity index (χ2v) is 15.6. The van der Waals surface area contributed by atoms with Crippen LogP contribution in [0.1, 0.15) is 75.8 Å². The number of aliphatic imine (C=N–C) groups is 2. The summed E-state index contributed by atoms with van der Waals surface area (Å²) in [6.45, 7) is 10.3. The summed E-state index contributed by atoms with van der Waals surface area (Å²) in [6.07, 6.45) is 26.7.